The lowest BCUT2D eigenvalue weighted by molar-refractivity contribution is 0.253. The lowest BCUT2D eigenvalue weighted by Crippen LogP contribution is -2.35. The summed E-state index contributed by atoms with van der Waals surface area (Å²) in [4.78, 5) is 10.2. The topological polar surface area (TPSA) is 139 Å². The fraction of sp³-hybridized carbons (Fsp3) is 0. The van der Waals surface area contributed by atoms with E-state index in [1.54, 1.807) is 10.8 Å². The summed E-state index contributed by atoms with van der Waals surface area (Å²) >= 11 is 0. The molecular weight excluding hydrogens is 232 g/mol. The highest BCUT2D eigenvalue weighted by atomic mass is 32.2. The number of anilines is 1. The van der Waals surface area contributed by atoms with Gasteiger partial charge in [-0.2, -0.15) is 5.26 Å². The third-order valence-electron chi connectivity index (χ3n) is 1.66. The van der Waals surface area contributed by atoms with Crippen LogP contribution in [-0.2, 0) is 10.0 Å². The van der Waals surface area contributed by atoms with Gasteiger partial charge in [0.15, 0.2) is 0 Å². The van der Waals surface area contributed by atoms with Crippen LogP contribution in [0.5, 0.6) is 0 Å². The van der Waals surface area contributed by atoms with Gasteiger partial charge in [0.2, 0.25) is 0 Å². The van der Waals surface area contributed by atoms with Crippen LogP contribution in [0.3, 0.4) is 0 Å². The van der Waals surface area contributed by atoms with Gasteiger partial charge in [0.05, 0.1) is 17.3 Å². The first kappa shape index (κ1) is 11.8. The number of urea groups is 1. The summed E-state index contributed by atoms with van der Waals surface area (Å²) in [6.45, 7) is 0. The lowest BCUT2D eigenvalue weighted by atomic mass is 10.2. The molecule has 0 aliphatic carbocycles. The van der Waals surface area contributed by atoms with Crippen LogP contribution < -0.4 is 16.2 Å². The Hall–Kier alpha value is -2.27. The molecule has 0 atom stereocenters. The Morgan fingerprint density at radius 2 is 2.06 bits per heavy atom. The van der Waals surface area contributed by atoms with Gasteiger partial charge in [-0.15, -0.1) is 0 Å². The predicted molar refractivity (Wildman–Crippen MR) is 55.5 cm³/mol. The maximum atomic E-state index is 11.5. The zero-order chi connectivity index (χ0) is 12.3. The van der Waals surface area contributed by atoms with Gasteiger partial charge in [-0.25, -0.2) is 17.9 Å². The fourth-order valence-electron chi connectivity index (χ4n) is 1.05. The highest BCUT2D eigenvalue weighted by molar-refractivity contribution is 7.90. The van der Waals surface area contributed by atoms with Crippen molar-refractivity contribution in [3.05, 3.63) is 23.8 Å². The van der Waals surface area contributed by atoms with E-state index < -0.39 is 16.1 Å². The average Bonchev–Trinajstić information content (AvgIpc) is 2.14. The van der Waals surface area contributed by atoms with Crippen LogP contribution in [0.15, 0.2) is 23.1 Å². The highest BCUT2D eigenvalue weighted by Gasteiger charge is 2.19. The zero-order valence-electron chi connectivity index (χ0n) is 7.97. The number of rotatable bonds is 2. The van der Waals surface area contributed by atoms with Crippen molar-refractivity contribution in [1.29, 1.82) is 5.26 Å². The number of nitriles is 1. The minimum absolute atomic E-state index is 0.132. The summed E-state index contributed by atoms with van der Waals surface area (Å²) in [7, 11) is -4.07. The van der Waals surface area contributed by atoms with Crippen molar-refractivity contribution in [3.63, 3.8) is 0 Å². The van der Waals surface area contributed by atoms with Gasteiger partial charge in [0.25, 0.3) is 10.0 Å². The Labute approximate surface area is 91.7 Å². The normalized spacial score (nSPS) is 10.4. The van der Waals surface area contributed by atoms with Gasteiger partial charge in [-0.3, -0.25) is 0 Å². The van der Waals surface area contributed by atoms with Crippen molar-refractivity contribution in [2.75, 3.05) is 5.73 Å². The molecule has 2 amide bonds. The fourth-order valence-corrected chi connectivity index (χ4v) is 2.04. The number of nitrogens with one attached hydrogen (secondary N) is 1. The molecule has 0 saturated carbocycles. The minimum atomic E-state index is -4.07. The molecule has 0 bridgehead atoms. The van der Waals surface area contributed by atoms with Gasteiger partial charge < -0.3 is 11.5 Å². The monoisotopic (exact) mass is 240 g/mol. The largest absolute Gasteiger partial charge is 0.398 e. The maximum Gasteiger partial charge on any atom is 0.326 e. The number of nitrogens with zero attached hydrogens (tertiary/aromatic N) is 1. The Balaban J connectivity index is 3.26. The smallest absolute Gasteiger partial charge is 0.326 e. The second kappa shape index (κ2) is 4.08. The van der Waals surface area contributed by atoms with Crippen LogP contribution in [0.1, 0.15) is 5.56 Å². The number of hydrogen-bond donors (Lipinski definition) is 3. The summed E-state index contributed by atoms with van der Waals surface area (Å²) in [5.41, 5.74) is 10.2. The first-order chi connectivity index (χ1) is 7.36. The van der Waals surface area contributed by atoms with Crippen molar-refractivity contribution in [1.82, 2.24) is 4.72 Å². The van der Waals surface area contributed by atoms with E-state index in [0.29, 0.717) is 0 Å². The predicted octanol–water partition coefficient (Wildman–Crippen LogP) is -0.503. The van der Waals surface area contributed by atoms with Gasteiger partial charge in [0.1, 0.15) is 4.90 Å². The summed E-state index contributed by atoms with van der Waals surface area (Å²) < 4.78 is 24.5. The Morgan fingerprint density at radius 1 is 1.44 bits per heavy atom. The summed E-state index contributed by atoms with van der Waals surface area (Å²) in [6, 6.07) is 4.18. The summed E-state index contributed by atoms with van der Waals surface area (Å²) in [5, 5.41) is 8.56. The second-order valence-electron chi connectivity index (χ2n) is 2.83. The molecule has 0 unspecified atom stereocenters. The Bertz CT molecular complexity index is 573. The molecule has 7 nitrogen and oxygen atoms in total. The second-order valence-corrected chi connectivity index (χ2v) is 4.48. The minimum Gasteiger partial charge on any atom is -0.398 e. The molecule has 0 saturated heterocycles. The van der Waals surface area contributed by atoms with Crippen LogP contribution in [0.4, 0.5) is 10.5 Å². The molecule has 0 aromatic heterocycles. The zero-order valence-corrected chi connectivity index (χ0v) is 8.78. The van der Waals surface area contributed by atoms with Crippen LogP contribution >= 0.6 is 0 Å². The molecule has 0 fully saturated rings. The van der Waals surface area contributed by atoms with Crippen molar-refractivity contribution in [2.24, 2.45) is 5.73 Å². The Kier molecular flexibility index (Phi) is 3.01. The molecule has 1 aromatic rings. The van der Waals surface area contributed by atoms with Gasteiger partial charge in [-0.1, -0.05) is 0 Å². The molecule has 1 rings (SSSR count). The van der Waals surface area contributed by atoms with Gasteiger partial charge in [-0.05, 0) is 18.2 Å². The summed E-state index contributed by atoms with van der Waals surface area (Å²) in [6.07, 6.45) is 0. The summed E-state index contributed by atoms with van der Waals surface area (Å²) in [5.74, 6) is 0. The van der Waals surface area contributed by atoms with Crippen LogP contribution in [-0.4, -0.2) is 14.4 Å². The van der Waals surface area contributed by atoms with Gasteiger partial charge in [0, 0.05) is 0 Å². The average molecular weight is 240 g/mol. The maximum absolute atomic E-state index is 11.5. The van der Waals surface area contributed by atoms with Crippen LogP contribution in [0.25, 0.3) is 0 Å². The number of hydrogen-bond acceptors (Lipinski definition) is 5. The first-order valence-electron chi connectivity index (χ1n) is 3.98. The number of amides is 2. The number of benzene rings is 1. The molecule has 0 aliphatic rings. The quantitative estimate of drug-likeness (QED) is 0.598. The van der Waals surface area contributed by atoms with Crippen molar-refractivity contribution in [2.45, 2.75) is 4.90 Å². The van der Waals surface area contributed by atoms with E-state index in [1.165, 1.54) is 12.1 Å². The number of nitrogen functional groups attached to an aromatic ring is 1. The van der Waals surface area contributed by atoms with E-state index in [0.717, 1.165) is 6.07 Å². The third kappa shape index (κ3) is 2.40. The standard InChI is InChI=1S/C8H8N4O3S/c9-4-5-1-2-7(6(10)3-5)16(14,15)12-8(11)13/h1-3H,10H2,(H3,11,12,13). The van der Waals surface area contributed by atoms with E-state index >= 15 is 0 Å². The number of carbonyl (C=O) groups excluding carboxylic acids is 1. The van der Waals surface area contributed by atoms with E-state index in [9.17, 15) is 13.2 Å². The molecule has 84 valence electrons. The molecule has 0 radical (unpaired) electrons. The van der Waals surface area contributed by atoms with Crippen molar-refractivity contribution >= 4 is 21.7 Å². The third-order valence-corrected chi connectivity index (χ3v) is 3.08. The van der Waals surface area contributed by atoms with E-state index in [-0.39, 0.29) is 16.1 Å². The number of nitrogens with two attached hydrogens (primary N) is 2. The SMILES string of the molecule is N#Cc1ccc(S(=O)(=O)NC(N)=O)c(N)c1. The molecule has 5 N–H and O–H groups in total. The molecule has 0 heterocycles. The van der Waals surface area contributed by atoms with E-state index in [2.05, 4.69) is 0 Å². The Morgan fingerprint density at radius 3 is 2.50 bits per heavy atom. The first-order valence-corrected chi connectivity index (χ1v) is 5.47. The molecule has 1 aromatic carbocycles. The van der Waals surface area contributed by atoms with Crippen LogP contribution in [0.2, 0.25) is 0 Å². The number of primary amides is 1. The molecule has 8 heteroatoms. The molecule has 0 aliphatic heterocycles. The van der Waals surface area contributed by atoms with Crippen molar-refractivity contribution < 1.29 is 13.2 Å². The van der Waals surface area contributed by atoms with Crippen LogP contribution in [0, 0.1) is 11.3 Å². The van der Waals surface area contributed by atoms with E-state index in [1.807, 2.05) is 0 Å². The molecule has 0 spiro atoms. The van der Waals surface area contributed by atoms with Crippen molar-refractivity contribution in [3.8, 4) is 6.07 Å². The number of sulfonamides is 1. The number of carbonyl (C=O) groups is 1. The lowest BCUT2D eigenvalue weighted by Gasteiger charge is -2.07. The van der Waals surface area contributed by atoms with E-state index in [4.69, 9.17) is 16.7 Å². The molecule has 16 heavy (non-hydrogen) atoms. The molecular formula is C8H8N4O3S. The highest BCUT2D eigenvalue weighted by Crippen LogP contribution is 2.18. The van der Waals surface area contributed by atoms with Gasteiger partial charge >= 0.3 is 6.03 Å².